The van der Waals surface area contributed by atoms with E-state index in [0.29, 0.717) is 39.3 Å². The number of urea groups is 1. The van der Waals surface area contributed by atoms with E-state index in [-0.39, 0.29) is 24.6 Å². The minimum Gasteiger partial charge on any atom is -0.465 e. The SMILES string of the molecule is CCOC(=O)[C@]1(COC)CCCN(C(=O)N[C@@H]2CCOC2)C1. The van der Waals surface area contributed by atoms with E-state index < -0.39 is 5.41 Å². The van der Waals surface area contributed by atoms with Gasteiger partial charge in [-0.05, 0) is 26.2 Å². The third kappa shape index (κ3) is 3.89. The van der Waals surface area contributed by atoms with Crippen molar-refractivity contribution in [2.75, 3.05) is 46.6 Å². The van der Waals surface area contributed by atoms with Crippen molar-refractivity contribution in [3.8, 4) is 0 Å². The summed E-state index contributed by atoms with van der Waals surface area (Å²) >= 11 is 0. The van der Waals surface area contributed by atoms with E-state index in [0.717, 1.165) is 12.8 Å². The van der Waals surface area contributed by atoms with Crippen LogP contribution in [0.5, 0.6) is 0 Å². The van der Waals surface area contributed by atoms with E-state index in [4.69, 9.17) is 14.2 Å². The minimum absolute atomic E-state index is 0.0637. The van der Waals surface area contributed by atoms with Gasteiger partial charge in [0, 0.05) is 26.8 Å². The Labute approximate surface area is 131 Å². The number of hydrogen-bond acceptors (Lipinski definition) is 5. The van der Waals surface area contributed by atoms with Gasteiger partial charge in [-0.1, -0.05) is 0 Å². The minimum atomic E-state index is -0.757. The third-order valence-corrected chi connectivity index (χ3v) is 4.25. The molecule has 0 aromatic heterocycles. The summed E-state index contributed by atoms with van der Waals surface area (Å²) in [4.78, 5) is 26.4. The second kappa shape index (κ2) is 7.78. The van der Waals surface area contributed by atoms with Gasteiger partial charge in [-0.2, -0.15) is 0 Å². The highest BCUT2D eigenvalue weighted by molar-refractivity contribution is 5.80. The third-order valence-electron chi connectivity index (χ3n) is 4.25. The molecule has 7 heteroatoms. The van der Waals surface area contributed by atoms with Crippen LogP contribution in [0.2, 0.25) is 0 Å². The lowest BCUT2D eigenvalue weighted by molar-refractivity contribution is -0.162. The molecular formula is C15H26N2O5. The molecular weight excluding hydrogens is 288 g/mol. The summed E-state index contributed by atoms with van der Waals surface area (Å²) in [6.45, 7) is 4.59. The number of ether oxygens (including phenoxy) is 3. The van der Waals surface area contributed by atoms with E-state index in [2.05, 4.69) is 5.32 Å². The Balaban J connectivity index is 2.00. The summed E-state index contributed by atoms with van der Waals surface area (Å²) in [7, 11) is 1.57. The summed E-state index contributed by atoms with van der Waals surface area (Å²) in [6, 6.07) is -0.0752. The zero-order valence-corrected chi connectivity index (χ0v) is 13.4. The predicted molar refractivity (Wildman–Crippen MR) is 79.5 cm³/mol. The average Bonchev–Trinajstić information content (AvgIpc) is 3.01. The number of amides is 2. The van der Waals surface area contributed by atoms with Crippen molar-refractivity contribution in [1.82, 2.24) is 10.2 Å². The Bertz CT molecular complexity index is 393. The van der Waals surface area contributed by atoms with Crippen LogP contribution >= 0.6 is 0 Å². The molecule has 2 aliphatic rings. The molecule has 2 saturated heterocycles. The van der Waals surface area contributed by atoms with Crippen molar-refractivity contribution in [3.63, 3.8) is 0 Å². The van der Waals surface area contributed by atoms with Crippen LogP contribution < -0.4 is 5.32 Å². The number of hydrogen-bond donors (Lipinski definition) is 1. The van der Waals surface area contributed by atoms with Crippen LogP contribution in [-0.4, -0.2) is 69.6 Å². The predicted octanol–water partition coefficient (Wildman–Crippen LogP) is 0.777. The molecule has 1 N–H and O–H groups in total. The van der Waals surface area contributed by atoms with Crippen LogP contribution in [0.25, 0.3) is 0 Å². The molecule has 126 valence electrons. The Morgan fingerprint density at radius 2 is 2.27 bits per heavy atom. The number of rotatable bonds is 5. The Morgan fingerprint density at radius 3 is 2.91 bits per heavy atom. The van der Waals surface area contributed by atoms with Crippen LogP contribution in [0.15, 0.2) is 0 Å². The number of carbonyl (C=O) groups is 2. The lowest BCUT2D eigenvalue weighted by Gasteiger charge is -2.40. The number of likely N-dealkylation sites (tertiary alicyclic amines) is 1. The molecule has 2 rings (SSSR count). The monoisotopic (exact) mass is 314 g/mol. The quantitative estimate of drug-likeness (QED) is 0.759. The fourth-order valence-corrected chi connectivity index (χ4v) is 3.12. The lowest BCUT2D eigenvalue weighted by Crippen LogP contribution is -2.56. The maximum atomic E-state index is 12.4. The second-order valence-corrected chi connectivity index (χ2v) is 5.97. The fourth-order valence-electron chi connectivity index (χ4n) is 3.12. The Hall–Kier alpha value is -1.34. The van der Waals surface area contributed by atoms with Crippen molar-refractivity contribution >= 4 is 12.0 Å². The van der Waals surface area contributed by atoms with Gasteiger partial charge in [0.05, 0.1) is 25.9 Å². The normalized spacial score (nSPS) is 28.5. The maximum absolute atomic E-state index is 12.4. The van der Waals surface area contributed by atoms with Crippen molar-refractivity contribution in [2.45, 2.75) is 32.2 Å². The summed E-state index contributed by atoms with van der Waals surface area (Å²) in [5, 5.41) is 2.97. The summed E-state index contributed by atoms with van der Waals surface area (Å²) in [5.74, 6) is -0.279. The van der Waals surface area contributed by atoms with E-state index in [1.165, 1.54) is 0 Å². The van der Waals surface area contributed by atoms with Gasteiger partial charge in [0.15, 0.2) is 0 Å². The van der Waals surface area contributed by atoms with E-state index in [9.17, 15) is 9.59 Å². The molecule has 0 aromatic carbocycles. The molecule has 2 heterocycles. The number of nitrogens with one attached hydrogen (secondary N) is 1. The van der Waals surface area contributed by atoms with Crippen LogP contribution in [-0.2, 0) is 19.0 Å². The van der Waals surface area contributed by atoms with Crippen molar-refractivity contribution in [1.29, 1.82) is 0 Å². The van der Waals surface area contributed by atoms with Gasteiger partial charge in [-0.25, -0.2) is 4.79 Å². The van der Waals surface area contributed by atoms with Gasteiger partial charge in [-0.15, -0.1) is 0 Å². The molecule has 0 bridgehead atoms. The highest BCUT2D eigenvalue weighted by atomic mass is 16.5. The number of piperidine rings is 1. The van der Waals surface area contributed by atoms with Gasteiger partial charge >= 0.3 is 12.0 Å². The van der Waals surface area contributed by atoms with Crippen molar-refractivity contribution < 1.29 is 23.8 Å². The smallest absolute Gasteiger partial charge is 0.317 e. The van der Waals surface area contributed by atoms with E-state index in [1.54, 1.807) is 18.9 Å². The Kier molecular flexibility index (Phi) is 6.02. The molecule has 2 aliphatic heterocycles. The standard InChI is InChI=1S/C15H26N2O5/c1-3-22-13(18)15(11-20-2)6-4-7-17(10-15)14(19)16-12-5-8-21-9-12/h12H,3-11H2,1-2H3,(H,16,19)/t12-,15-/m1/s1. The molecule has 2 amide bonds. The molecule has 22 heavy (non-hydrogen) atoms. The number of methoxy groups -OCH3 is 1. The average molecular weight is 314 g/mol. The lowest BCUT2D eigenvalue weighted by atomic mass is 9.80. The molecule has 0 aliphatic carbocycles. The number of carbonyl (C=O) groups excluding carboxylic acids is 2. The summed E-state index contributed by atoms with van der Waals surface area (Å²) < 4.78 is 15.7. The van der Waals surface area contributed by atoms with Gasteiger partial charge in [0.25, 0.3) is 0 Å². The van der Waals surface area contributed by atoms with Crippen LogP contribution in [0.4, 0.5) is 4.79 Å². The van der Waals surface area contributed by atoms with Crippen molar-refractivity contribution in [2.24, 2.45) is 5.41 Å². The number of nitrogens with zero attached hydrogens (tertiary/aromatic N) is 1. The zero-order chi connectivity index (χ0) is 16.0. The van der Waals surface area contributed by atoms with Gasteiger partial charge < -0.3 is 24.4 Å². The largest absolute Gasteiger partial charge is 0.465 e. The molecule has 0 spiro atoms. The van der Waals surface area contributed by atoms with Gasteiger partial charge in [0.1, 0.15) is 5.41 Å². The topological polar surface area (TPSA) is 77.1 Å². The number of esters is 1. The molecule has 0 radical (unpaired) electrons. The molecule has 7 nitrogen and oxygen atoms in total. The first kappa shape index (κ1) is 17.0. The second-order valence-electron chi connectivity index (χ2n) is 5.97. The summed E-state index contributed by atoms with van der Waals surface area (Å²) in [6.07, 6.45) is 2.27. The maximum Gasteiger partial charge on any atom is 0.317 e. The molecule has 2 fully saturated rings. The molecule has 0 unspecified atom stereocenters. The summed E-state index contributed by atoms with van der Waals surface area (Å²) in [5.41, 5.74) is -0.757. The highest BCUT2D eigenvalue weighted by Crippen LogP contribution is 2.32. The first-order chi connectivity index (χ1) is 10.6. The Morgan fingerprint density at radius 1 is 1.45 bits per heavy atom. The van der Waals surface area contributed by atoms with Crippen LogP contribution in [0, 0.1) is 5.41 Å². The fraction of sp³-hybridized carbons (Fsp3) is 0.867. The van der Waals surface area contributed by atoms with Gasteiger partial charge in [0.2, 0.25) is 0 Å². The molecule has 0 aromatic rings. The first-order valence-corrected chi connectivity index (χ1v) is 7.90. The van der Waals surface area contributed by atoms with Crippen molar-refractivity contribution in [3.05, 3.63) is 0 Å². The molecule has 2 atom stereocenters. The van der Waals surface area contributed by atoms with E-state index in [1.807, 2.05) is 0 Å². The molecule has 0 saturated carbocycles. The highest BCUT2D eigenvalue weighted by Gasteiger charge is 2.45. The van der Waals surface area contributed by atoms with Crippen LogP contribution in [0.3, 0.4) is 0 Å². The van der Waals surface area contributed by atoms with Crippen LogP contribution in [0.1, 0.15) is 26.2 Å². The first-order valence-electron chi connectivity index (χ1n) is 7.90. The van der Waals surface area contributed by atoms with Gasteiger partial charge in [-0.3, -0.25) is 4.79 Å². The van der Waals surface area contributed by atoms with E-state index >= 15 is 0 Å². The zero-order valence-electron chi connectivity index (χ0n) is 13.4.